The molecule has 134 valence electrons. The third kappa shape index (κ3) is 5.24. The van der Waals surface area contributed by atoms with Crippen LogP contribution in [0.25, 0.3) is 0 Å². The zero-order valence-corrected chi connectivity index (χ0v) is 14.3. The molecule has 0 aliphatic rings. The highest BCUT2D eigenvalue weighted by atomic mass is 19.4. The average Bonchev–Trinajstić information content (AvgIpc) is 2.55. The number of hydrogen-bond donors (Lipinski definition) is 1. The first kappa shape index (κ1) is 18.8. The second-order valence-electron chi connectivity index (χ2n) is 5.94. The Kier molecular flexibility index (Phi) is 5.72. The number of carbonyl (C=O) groups excluding carboxylic acids is 1. The molecule has 6 heteroatoms. The zero-order valence-electron chi connectivity index (χ0n) is 14.3. The van der Waals surface area contributed by atoms with Gasteiger partial charge in [-0.1, -0.05) is 18.2 Å². The molecule has 2 rings (SSSR count). The quantitative estimate of drug-likeness (QED) is 0.856. The fourth-order valence-electron chi connectivity index (χ4n) is 2.28. The smallest absolute Gasteiger partial charge is 0.416 e. The summed E-state index contributed by atoms with van der Waals surface area (Å²) in [6.07, 6.45) is -4.37. The number of alkyl halides is 3. The van der Waals surface area contributed by atoms with Crippen molar-refractivity contribution >= 4 is 5.91 Å². The molecule has 0 radical (unpaired) electrons. The Balaban J connectivity index is 1.90. The van der Waals surface area contributed by atoms with Crippen LogP contribution in [0.1, 0.15) is 35.2 Å². The lowest BCUT2D eigenvalue weighted by atomic mass is 10.1. The van der Waals surface area contributed by atoms with Gasteiger partial charge >= 0.3 is 6.18 Å². The van der Waals surface area contributed by atoms with Gasteiger partial charge in [0.1, 0.15) is 5.75 Å². The predicted molar refractivity (Wildman–Crippen MR) is 89.4 cm³/mol. The molecular weight excluding hydrogens is 331 g/mol. The Hall–Kier alpha value is -2.50. The van der Waals surface area contributed by atoms with E-state index in [0.717, 1.165) is 23.3 Å². The van der Waals surface area contributed by atoms with Crippen molar-refractivity contribution in [3.05, 3.63) is 64.7 Å². The van der Waals surface area contributed by atoms with Gasteiger partial charge in [-0.2, -0.15) is 13.2 Å². The third-order valence-corrected chi connectivity index (χ3v) is 3.96. The molecule has 0 saturated carbocycles. The summed E-state index contributed by atoms with van der Waals surface area (Å²) in [4.78, 5) is 12.0. The highest BCUT2D eigenvalue weighted by Gasteiger charge is 2.30. The summed E-state index contributed by atoms with van der Waals surface area (Å²) >= 11 is 0. The van der Waals surface area contributed by atoms with Crippen molar-refractivity contribution in [2.24, 2.45) is 0 Å². The van der Waals surface area contributed by atoms with Crippen LogP contribution in [-0.4, -0.2) is 12.5 Å². The molecule has 0 saturated heterocycles. The van der Waals surface area contributed by atoms with Crippen LogP contribution in [0, 0.1) is 13.8 Å². The van der Waals surface area contributed by atoms with E-state index in [1.165, 1.54) is 12.1 Å². The highest BCUT2D eigenvalue weighted by Crippen LogP contribution is 2.29. The molecule has 2 aromatic rings. The molecule has 1 unspecified atom stereocenters. The van der Waals surface area contributed by atoms with Crippen molar-refractivity contribution < 1.29 is 22.7 Å². The first-order chi connectivity index (χ1) is 11.7. The molecule has 1 N–H and O–H groups in total. The molecule has 0 aromatic heterocycles. The number of rotatable bonds is 5. The lowest BCUT2D eigenvalue weighted by molar-refractivity contribution is -0.137. The summed E-state index contributed by atoms with van der Waals surface area (Å²) in [5.41, 5.74) is 2.07. The number of nitrogens with one attached hydrogen (secondary N) is 1. The lowest BCUT2D eigenvalue weighted by Crippen LogP contribution is -2.31. The molecule has 0 bridgehead atoms. The van der Waals surface area contributed by atoms with E-state index >= 15 is 0 Å². The molecule has 0 fully saturated rings. The fourth-order valence-corrected chi connectivity index (χ4v) is 2.28. The molecule has 0 spiro atoms. The fraction of sp³-hybridized carbons (Fsp3) is 0.316. The van der Waals surface area contributed by atoms with Gasteiger partial charge in [0.05, 0.1) is 11.6 Å². The first-order valence-corrected chi connectivity index (χ1v) is 7.83. The summed E-state index contributed by atoms with van der Waals surface area (Å²) in [6.45, 7) is 5.48. The van der Waals surface area contributed by atoms with E-state index in [-0.39, 0.29) is 12.5 Å². The van der Waals surface area contributed by atoms with E-state index in [4.69, 9.17) is 4.74 Å². The minimum Gasteiger partial charge on any atom is -0.484 e. The topological polar surface area (TPSA) is 38.3 Å². The number of amides is 1. The maximum absolute atomic E-state index is 12.6. The number of aryl methyl sites for hydroxylation is 2. The second kappa shape index (κ2) is 7.59. The van der Waals surface area contributed by atoms with Gasteiger partial charge in [-0.15, -0.1) is 0 Å². The SMILES string of the molecule is Cc1ccc(OCC(=O)NC(C)c2ccc(C(F)(F)F)cc2)cc1C. The maximum atomic E-state index is 12.6. The standard InChI is InChI=1S/C19H20F3NO2/c1-12-4-9-17(10-13(12)2)25-11-18(24)23-14(3)15-5-7-16(8-6-15)19(20,21)22/h4-10,14H,11H2,1-3H3,(H,23,24). The number of halogens is 3. The van der Waals surface area contributed by atoms with Crippen LogP contribution in [0.15, 0.2) is 42.5 Å². The van der Waals surface area contributed by atoms with Crippen molar-refractivity contribution in [3.63, 3.8) is 0 Å². The number of benzene rings is 2. The number of ether oxygens (including phenoxy) is 1. The van der Waals surface area contributed by atoms with Crippen LogP contribution in [0.2, 0.25) is 0 Å². The predicted octanol–water partition coefficient (Wildman–Crippen LogP) is 4.58. The normalized spacial score (nSPS) is 12.6. The monoisotopic (exact) mass is 351 g/mol. The van der Waals surface area contributed by atoms with Crippen molar-refractivity contribution in [1.82, 2.24) is 5.32 Å². The van der Waals surface area contributed by atoms with E-state index < -0.39 is 17.8 Å². The molecule has 0 heterocycles. The molecule has 0 aliphatic carbocycles. The van der Waals surface area contributed by atoms with Crippen molar-refractivity contribution in [3.8, 4) is 5.75 Å². The average molecular weight is 351 g/mol. The maximum Gasteiger partial charge on any atom is 0.416 e. The van der Waals surface area contributed by atoms with E-state index in [0.29, 0.717) is 11.3 Å². The van der Waals surface area contributed by atoms with E-state index in [2.05, 4.69) is 5.32 Å². The first-order valence-electron chi connectivity index (χ1n) is 7.83. The molecule has 1 atom stereocenters. The van der Waals surface area contributed by atoms with Gasteiger partial charge in [0.25, 0.3) is 5.91 Å². The molecular formula is C19H20F3NO2. The van der Waals surface area contributed by atoms with E-state index in [1.54, 1.807) is 13.0 Å². The van der Waals surface area contributed by atoms with Crippen LogP contribution < -0.4 is 10.1 Å². The lowest BCUT2D eigenvalue weighted by Gasteiger charge is -2.16. The molecule has 1 amide bonds. The summed E-state index contributed by atoms with van der Waals surface area (Å²) in [5.74, 6) is 0.256. The Morgan fingerprint density at radius 3 is 2.28 bits per heavy atom. The third-order valence-electron chi connectivity index (χ3n) is 3.96. The van der Waals surface area contributed by atoms with Gasteiger partial charge in [-0.05, 0) is 61.7 Å². The molecule has 2 aromatic carbocycles. The van der Waals surface area contributed by atoms with Crippen molar-refractivity contribution in [2.45, 2.75) is 33.0 Å². The Bertz CT molecular complexity index is 739. The van der Waals surface area contributed by atoms with Gasteiger partial charge in [-0.3, -0.25) is 4.79 Å². The number of carbonyl (C=O) groups is 1. The Morgan fingerprint density at radius 1 is 1.08 bits per heavy atom. The second-order valence-corrected chi connectivity index (χ2v) is 5.94. The van der Waals surface area contributed by atoms with Crippen LogP contribution in [-0.2, 0) is 11.0 Å². The number of hydrogen-bond acceptors (Lipinski definition) is 2. The minimum atomic E-state index is -4.37. The van der Waals surface area contributed by atoms with Gasteiger partial charge in [0.15, 0.2) is 6.61 Å². The van der Waals surface area contributed by atoms with Crippen molar-refractivity contribution in [2.75, 3.05) is 6.61 Å². The van der Waals surface area contributed by atoms with Crippen LogP contribution in [0.5, 0.6) is 5.75 Å². The van der Waals surface area contributed by atoms with Crippen LogP contribution in [0.4, 0.5) is 13.2 Å². The van der Waals surface area contributed by atoms with E-state index in [9.17, 15) is 18.0 Å². The molecule has 0 aliphatic heterocycles. The van der Waals surface area contributed by atoms with Crippen LogP contribution in [0.3, 0.4) is 0 Å². The minimum absolute atomic E-state index is 0.159. The highest BCUT2D eigenvalue weighted by molar-refractivity contribution is 5.78. The Morgan fingerprint density at radius 2 is 1.72 bits per heavy atom. The van der Waals surface area contributed by atoms with Gasteiger partial charge < -0.3 is 10.1 Å². The molecule has 25 heavy (non-hydrogen) atoms. The van der Waals surface area contributed by atoms with Gasteiger partial charge in [-0.25, -0.2) is 0 Å². The zero-order chi connectivity index (χ0) is 18.6. The van der Waals surface area contributed by atoms with E-state index in [1.807, 2.05) is 26.0 Å². The summed E-state index contributed by atoms with van der Waals surface area (Å²) in [6, 6.07) is 9.85. The summed E-state index contributed by atoms with van der Waals surface area (Å²) in [5, 5.41) is 2.71. The van der Waals surface area contributed by atoms with Crippen LogP contribution >= 0.6 is 0 Å². The van der Waals surface area contributed by atoms with Gasteiger partial charge in [0.2, 0.25) is 0 Å². The Labute approximate surface area is 144 Å². The molecule has 3 nitrogen and oxygen atoms in total. The van der Waals surface area contributed by atoms with Gasteiger partial charge in [0, 0.05) is 0 Å². The summed E-state index contributed by atoms with van der Waals surface area (Å²) in [7, 11) is 0. The largest absolute Gasteiger partial charge is 0.484 e. The summed E-state index contributed by atoms with van der Waals surface area (Å²) < 4.78 is 43.1. The van der Waals surface area contributed by atoms with Crippen molar-refractivity contribution in [1.29, 1.82) is 0 Å².